The normalized spacial score (nSPS) is 15.9. The first-order valence-electron chi connectivity index (χ1n) is 8.39. The molecule has 1 heterocycles. The molecular formula is C19H30NO+. The van der Waals surface area contributed by atoms with Crippen molar-refractivity contribution in [3.05, 3.63) is 29.3 Å². The molecule has 1 aromatic carbocycles. The lowest BCUT2D eigenvalue weighted by Crippen LogP contribution is -2.24. The maximum Gasteiger partial charge on any atom is 0.329 e. The number of nitrogens with zero attached hydrogens (tertiary/aromatic N) is 1. The SMILES string of the molecule is CCCc1cccc(C(C)(C)C)c1OC=[N+]1CCCCC1. The van der Waals surface area contributed by atoms with E-state index in [0.717, 1.165) is 31.7 Å². The number of para-hydroxylation sites is 1. The second-order valence-corrected chi connectivity index (χ2v) is 7.11. The predicted molar refractivity (Wildman–Crippen MR) is 89.7 cm³/mol. The van der Waals surface area contributed by atoms with Crippen LogP contribution in [-0.2, 0) is 11.8 Å². The zero-order valence-corrected chi connectivity index (χ0v) is 14.1. The maximum absolute atomic E-state index is 6.19. The van der Waals surface area contributed by atoms with Crippen molar-refractivity contribution in [1.82, 2.24) is 0 Å². The first kappa shape index (κ1) is 16.1. The van der Waals surface area contributed by atoms with E-state index in [4.69, 9.17) is 4.74 Å². The van der Waals surface area contributed by atoms with Crippen LogP contribution in [0.4, 0.5) is 0 Å². The minimum absolute atomic E-state index is 0.106. The third-order valence-corrected chi connectivity index (χ3v) is 4.13. The molecule has 0 amide bonds. The van der Waals surface area contributed by atoms with Crippen LogP contribution in [0.1, 0.15) is 64.5 Å². The highest BCUT2D eigenvalue weighted by molar-refractivity contribution is 5.54. The van der Waals surface area contributed by atoms with E-state index in [2.05, 4.69) is 50.5 Å². The van der Waals surface area contributed by atoms with Gasteiger partial charge in [0.2, 0.25) is 0 Å². The van der Waals surface area contributed by atoms with Crippen LogP contribution in [0.25, 0.3) is 0 Å². The maximum atomic E-state index is 6.19. The Morgan fingerprint density at radius 3 is 2.48 bits per heavy atom. The molecule has 0 saturated carbocycles. The Hall–Kier alpha value is -1.31. The summed E-state index contributed by atoms with van der Waals surface area (Å²) < 4.78 is 8.51. The van der Waals surface area contributed by atoms with E-state index >= 15 is 0 Å². The fourth-order valence-electron chi connectivity index (χ4n) is 2.93. The summed E-state index contributed by atoms with van der Waals surface area (Å²) in [6.45, 7) is 11.2. The average molecular weight is 288 g/mol. The molecule has 1 aromatic rings. The van der Waals surface area contributed by atoms with E-state index < -0.39 is 0 Å². The summed E-state index contributed by atoms with van der Waals surface area (Å²) in [5, 5.41) is 0. The lowest BCUT2D eigenvalue weighted by molar-refractivity contribution is -0.538. The van der Waals surface area contributed by atoms with E-state index in [1.54, 1.807) is 0 Å². The second-order valence-electron chi connectivity index (χ2n) is 7.11. The highest BCUT2D eigenvalue weighted by atomic mass is 16.5. The molecule has 0 N–H and O–H groups in total. The number of aryl methyl sites for hydroxylation is 1. The van der Waals surface area contributed by atoms with Gasteiger partial charge in [-0.1, -0.05) is 52.3 Å². The standard InChI is InChI=1S/C19H30NO/c1-5-10-16-11-9-12-17(19(2,3)4)18(16)21-15-20-13-7-6-8-14-20/h9,11-12,15H,5-8,10,13-14H2,1-4H3/q+1. The van der Waals surface area contributed by atoms with Crippen molar-refractivity contribution in [2.45, 2.75) is 65.2 Å². The molecule has 21 heavy (non-hydrogen) atoms. The third-order valence-electron chi connectivity index (χ3n) is 4.13. The average Bonchev–Trinajstić information content (AvgIpc) is 2.46. The third kappa shape index (κ3) is 4.33. The van der Waals surface area contributed by atoms with Gasteiger partial charge in [0.15, 0.2) is 0 Å². The van der Waals surface area contributed by atoms with Crippen LogP contribution in [0.2, 0.25) is 0 Å². The molecule has 0 atom stereocenters. The zero-order valence-electron chi connectivity index (χ0n) is 14.1. The molecule has 2 nitrogen and oxygen atoms in total. The van der Waals surface area contributed by atoms with Crippen molar-refractivity contribution in [2.24, 2.45) is 0 Å². The molecule has 0 spiro atoms. The lowest BCUT2D eigenvalue weighted by Gasteiger charge is -2.23. The van der Waals surface area contributed by atoms with Gasteiger partial charge < -0.3 is 4.74 Å². The van der Waals surface area contributed by atoms with Gasteiger partial charge in [0.05, 0.1) is 0 Å². The molecule has 1 aliphatic rings. The van der Waals surface area contributed by atoms with Gasteiger partial charge in [0.25, 0.3) is 0 Å². The fourth-order valence-corrected chi connectivity index (χ4v) is 2.93. The smallest absolute Gasteiger partial charge is 0.329 e. The molecule has 1 saturated heterocycles. The van der Waals surface area contributed by atoms with E-state index in [1.807, 2.05) is 6.40 Å². The molecule has 0 unspecified atom stereocenters. The van der Waals surface area contributed by atoms with Gasteiger partial charge >= 0.3 is 6.40 Å². The van der Waals surface area contributed by atoms with Gasteiger partial charge in [-0.25, -0.2) is 4.58 Å². The van der Waals surface area contributed by atoms with Gasteiger partial charge in [-0.2, -0.15) is 0 Å². The summed E-state index contributed by atoms with van der Waals surface area (Å²) in [6, 6.07) is 6.58. The van der Waals surface area contributed by atoms with Gasteiger partial charge in [-0.05, 0) is 23.8 Å². The van der Waals surface area contributed by atoms with Crippen LogP contribution in [0.5, 0.6) is 5.75 Å². The summed E-state index contributed by atoms with van der Waals surface area (Å²) >= 11 is 0. The lowest BCUT2D eigenvalue weighted by atomic mass is 9.84. The number of hydrogen-bond donors (Lipinski definition) is 0. The molecule has 2 rings (SSSR count). The summed E-state index contributed by atoms with van der Waals surface area (Å²) in [5.74, 6) is 1.08. The number of benzene rings is 1. The van der Waals surface area contributed by atoms with E-state index in [9.17, 15) is 0 Å². The van der Waals surface area contributed by atoms with Crippen molar-refractivity contribution in [1.29, 1.82) is 0 Å². The van der Waals surface area contributed by atoms with Crippen LogP contribution in [-0.4, -0.2) is 24.1 Å². The minimum Gasteiger partial charge on any atom is -0.410 e. The molecule has 0 aromatic heterocycles. The first-order valence-corrected chi connectivity index (χ1v) is 8.39. The Labute approximate surface area is 129 Å². The largest absolute Gasteiger partial charge is 0.410 e. The Balaban J connectivity index is 2.29. The quantitative estimate of drug-likeness (QED) is 0.585. The zero-order chi connectivity index (χ0) is 15.3. The molecule has 0 radical (unpaired) electrons. The molecular weight excluding hydrogens is 258 g/mol. The Kier molecular flexibility index (Phi) is 5.44. The number of rotatable bonds is 4. The van der Waals surface area contributed by atoms with E-state index in [-0.39, 0.29) is 5.41 Å². The summed E-state index contributed by atoms with van der Waals surface area (Å²) in [7, 11) is 0. The van der Waals surface area contributed by atoms with Crippen LogP contribution < -0.4 is 4.74 Å². The number of hydrogen-bond acceptors (Lipinski definition) is 1. The van der Waals surface area contributed by atoms with Crippen LogP contribution in [0.3, 0.4) is 0 Å². The summed E-state index contributed by atoms with van der Waals surface area (Å²) in [5.41, 5.74) is 2.74. The molecule has 116 valence electrons. The van der Waals surface area contributed by atoms with Crippen LogP contribution >= 0.6 is 0 Å². The van der Waals surface area contributed by atoms with Crippen LogP contribution in [0.15, 0.2) is 18.2 Å². The van der Waals surface area contributed by atoms with E-state index in [0.29, 0.717) is 0 Å². The Bertz CT molecular complexity index is 489. The van der Waals surface area contributed by atoms with Crippen molar-refractivity contribution >= 4 is 6.40 Å². The van der Waals surface area contributed by atoms with Gasteiger partial charge in [0, 0.05) is 18.4 Å². The Morgan fingerprint density at radius 1 is 1.14 bits per heavy atom. The second kappa shape index (κ2) is 7.11. The fraction of sp³-hybridized carbons (Fsp3) is 0.632. The van der Waals surface area contributed by atoms with Gasteiger partial charge in [0.1, 0.15) is 18.8 Å². The molecule has 2 heteroatoms. The highest BCUT2D eigenvalue weighted by Crippen LogP contribution is 2.34. The summed E-state index contributed by atoms with van der Waals surface area (Å²) in [4.78, 5) is 0. The van der Waals surface area contributed by atoms with Crippen molar-refractivity contribution in [2.75, 3.05) is 13.1 Å². The molecule has 0 bridgehead atoms. The monoisotopic (exact) mass is 288 g/mol. The topological polar surface area (TPSA) is 12.2 Å². The number of piperidine rings is 1. The Morgan fingerprint density at radius 2 is 1.86 bits per heavy atom. The first-order chi connectivity index (χ1) is 10.0. The van der Waals surface area contributed by atoms with Crippen molar-refractivity contribution in [3.8, 4) is 5.75 Å². The van der Waals surface area contributed by atoms with Crippen molar-refractivity contribution < 1.29 is 9.31 Å². The highest BCUT2D eigenvalue weighted by Gasteiger charge is 2.22. The molecule has 0 aliphatic carbocycles. The van der Waals surface area contributed by atoms with Gasteiger partial charge in [-0.15, -0.1) is 0 Å². The van der Waals surface area contributed by atoms with Gasteiger partial charge in [-0.3, -0.25) is 0 Å². The van der Waals surface area contributed by atoms with E-state index in [1.165, 1.54) is 30.4 Å². The molecule has 1 aliphatic heterocycles. The number of ether oxygens (including phenoxy) is 1. The van der Waals surface area contributed by atoms with Crippen LogP contribution in [0, 0.1) is 0 Å². The predicted octanol–water partition coefficient (Wildman–Crippen LogP) is 4.54. The summed E-state index contributed by atoms with van der Waals surface area (Å²) in [6.07, 6.45) is 8.10. The minimum atomic E-state index is 0.106. The van der Waals surface area contributed by atoms with Crippen molar-refractivity contribution in [3.63, 3.8) is 0 Å². The molecule has 1 fully saturated rings.